The van der Waals surface area contributed by atoms with Crippen LogP contribution in [-0.4, -0.2) is 6.26 Å². The van der Waals surface area contributed by atoms with Crippen molar-refractivity contribution in [2.75, 3.05) is 6.26 Å². The molecular formula is C11H10NOS2+. The van der Waals surface area contributed by atoms with Crippen molar-refractivity contribution in [2.45, 2.75) is 4.34 Å². The standard InChI is InChI=1S/C11H10NOS2/c1-12-9-7-5-3-4-6-8(7)13-10(9)15-11(12)14-2/h3-6H,1-2H3/q+1. The summed E-state index contributed by atoms with van der Waals surface area (Å²) < 4.78 is 9.28. The molecule has 0 atom stereocenters. The number of furan rings is 1. The number of benzene rings is 1. The predicted octanol–water partition coefficient (Wildman–Crippen LogP) is 3.19. The van der Waals surface area contributed by atoms with Gasteiger partial charge < -0.3 is 4.42 Å². The van der Waals surface area contributed by atoms with Crippen LogP contribution in [0.5, 0.6) is 0 Å². The van der Waals surface area contributed by atoms with Crippen molar-refractivity contribution in [1.82, 2.24) is 0 Å². The molecule has 0 unspecified atom stereocenters. The van der Waals surface area contributed by atoms with Gasteiger partial charge in [-0.3, -0.25) is 0 Å². The quantitative estimate of drug-likeness (QED) is 0.477. The molecule has 1 aromatic carbocycles. The molecule has 76 valence electrons. The van der Waals surface area contributed by atoms with E-state index in [1.165, 1.54) is 15.2 Å². The Labute approximate surface area is 95.5 Å². The summed E-state index contributed by atoms with van der Waals surface area (Å²) in [5, 5.41) is 1.20. The highest BCUT2D eigenvalue weighted by atomic mass is 32.2. The van der Waals surface area contributed by atoms with Gasteiger partial charge in [0.25, 0.3) is 10.4 Å². The summed E-state index contributed by atoms with van der Waals surface area (Å²) in [5.41, 5.74) is 2.18. The molecular weight excluding hydrogens is 226 g/mol. The second-order valence-electron chi connectivity index (χ2n) is 3.37. The van der Waals surface area contributed by atoms with Gasteiger partial charge in [-0.25, -0.2) is 0 Å². The zero-order valence-electron chi connectivity index (χ0n) is 8.48. The fourth-order valence-corrected chi connectivity index (χ4v) is 3.60. The van der Waals surface area contributed by atoms with E-state index >= 15 is 0 Å². The maximum atomic E-state index is 5.80. The van der Waals surface area contributed by atoms with E-state index in [1.54, 1.807) is 23.1 Å². The minimum absolute atomic E-state index is 0.974. The largest absolute Gasteiger partial charge is 0.439 e. The predicted molar refractivity (Wildman–Crippen MR) is 64.6 cm³/mol. The molecule has 2 nitrogen and oxygen atoms in total. The van der Waals surface area contributed by atoms with E-state index in [-0.39, 0.29) is 0 Å². The van der Waals surface area contributed by atoms with Gasteiger partial charge in [0.05, 0.1) is 5.39 Å². The van der Waals surface area contributed by atoms with Gasteiger partial charge >= 0.3 is 4.34 Å². The third kappa shape index (κ3) is 1.21. The third-order valence-corrected chi connectivity index (χ3v) is 4.79. The van der Waals surface area contributed by atoms with Crippen LogP contribution in [0.15, 0.2) is 33.0 Å². The Balaban J connectivity index is 2.51. The first-order valence-corrected chi connectivity index (χ1v) is 6.69. The van der Waals surface area contributed by atoms with Gasteiger partial charge in [0.15, 0.2) is 0 Å². The molecule has 0 fully saturated rings. The molecule has 0 radical (unpaired) electrons. The smallest absolute Gasteiger partial charge is 0.300 e. The van der Waals surface area contributed by atoms with Crippen LogP contribution >= 0.6 is 23.1 Å². The molecule has 3 rings (SSSR count). The lowest BCUT2D eigenvalue weighted by Crippen LogP contribution is -2.27. The monoisotopic (exact) mass is 236 g/mol. The molecule has 0 saturated carbocycles. The fourth-order valence-electron chi connectivity index (χ4n) is 1.81. The van der Waals surface area contributed by atoms with Crippen molar-refractivity contribution < 1.29 is 8.98 Å². The van der Waals surface area contributed by atoms with Gasteiger partial charge in [-0.05, 0) is 41.5 Å². The van der Waals surface area contributed by atoms with Gasteiger partial charge in [0.1, 0.15) is 12.6 Å². The Morgan fingerprint density at radius 1 is 1.33 bits per heavy atom. The Kier molecular flexibility index (Phi) is 2.00. The van der Waals surface area contributed by atoms with Gasteiger partial charge in [-0.2, -0.15) is 4.57 Å². The topological polar surface area (TPSA) is 17.0 Å². The summed E-state index contributed by atoms with van der Waals surface area (Å²) in [7, 11) is 2.09. The van der Waals surface area contributed by atoms with E-state index in [0.717, 1.165) is 10.5 Å². The molecule has 0 bridgehead atoms. The Hall–Kier alpha value is -1.00. The Morgan fingerprint density at radius 3 is 2.93 bits per heavy atom. The average Bonchev–Trinajstić information content (AvgIpc) is 2.75. The molecule has 0 aliphatic carbocycles. The summed E-state index contributed by atoms with van der Waals surface area (Å²) in [6.07, 6.45) is 2.09. The van der Waals surface area contributed by atoms with Crippen LogP contribution in [0.4, 0.5) is 0 Å². The van der Waals surface area contributed by atoms with Crippen LogP contribution in [-0.2, 0) is 7.05 Å². The van der Waals surface area contributed by atoms with Crippen LogP contribution < -0.4 is 4.57 Å². The maximum Gasteiger partial charge on any atom is 0.300 e. The first kappa shape index (κ1) is 9.24. The number of nitrogens with zero attached hydrogens (tertiary/aromatic N) is 1. The second kappa shape index (κ2) is 3.25. The lowest BCUT2D eigenvalue weighted by Gasteiger charge is -1.87. The van der Waals surface area contributed by atoms with Gasteiger partial charge in [-0.1, -0.05) is 12.1 Å². The summed E-state index contributed by atoms with van der Waals surface area (Å²) in [4.78, 5) is 1.02. The number of thioether (sulfide) groups is 1. The number of fused-ring (bicyclic) bond motifs is 3. The highest BCUT2D eigenvalue weighted by molar-refractivity contribution is 8.00. The van der Waals surface area contributed by atoms with Crippen molar-refractivity contribution in [3.63, 3.8) is 0 Å². The van der Waals surface area contributed by atoms with E-state index in [0.29, 0.717) is 0 Å². The van der Waals surface area contributed by atoms with Crippen molar-refractivity contribution >= 4 is 44.5 Å². The molecule has 3 aromatic rings. The number of hydrogen-bond donors (Lipinski definition) is 0. The zero-order valence-corrected chi connectivity index (χ0v) is 10.1. The summed E-state index contributed by atoms with van der Waals surface area (Å²) in [6.45, 7) is 0. The molecule has 2 aromatic heterocycles. The Morgan fingerprint density at radius 2 is 2.13 bits per heavy atom. The highest BCUT2D eigenvalue weighted by Crippen LogP contribution is 2.33. The lowest BCUT2D eigenvalue weighted by atomic mass is 10.2. The zero-order chi connectivity index (χ0) is 10.4. The maximum absolute atomic E-state index is 5.80. The number of rotatable bonds is 1. The van der Waals surface area contributed by atoms with Crippen molar-refractivity contribution in [3.8, 4) is 0 Å². The highest BCUT2D eigenvalue weighted by Gasteiger charge is 2.22. The summed E-state index contributed by atoms with van der Waals surface area (Å²) >= 11 is 3.46. The van der Waals surface area contributed by atoms with Crippen LogP contribution in [0.3, 0.4) is 0 Å². The Bertz CT molecular complexity index is 638. The number of aromatic nitrogens is 1. The van der Waals surface area contributed by atoms with Crippen LogP contribution in [0.2, 0.25) is 0 Å². The minimum atomic E-state index is 0.974. The molecule has 0 spiro atoms. The van der Waals surface area contributed by atoms with E-state index in [4.69, 9.17) is 4.42 Å². The summed E-state index contributed by atoms with van der Waals surface area (Å²) in [5.74, 6) is 0. The molecule has 15 heavy (non-hydrogen) atoms. The summed E-state index contributed by atoms with van der Waals surface area (Å²) in [6, 6.07) is 8.18. The molecule has 2 heterocycles. The number of para-hydroxylation sites is 1. The van der Waals surface area contributed by atoms with Crippen LogP contribution in [0.25, 0.3) is 21.4 Å². The molecule has 0 aliphatic heterocycles. The minimum Gasteiger partial charge on any atom is -0.439 e. The van der Waals surface area contributed by atoms with E-state index in [1.807, 2.05) is 18.2 Å². The van der Waals surface area contributed by atoms with Crippen LogP contribution in [0.1, 0.15) is 0 Å². The molecule has 0 amide bonds. The van der Waals surface area contributed by atoms with E-state index < -0.39 is 0 Å². The molecule has 0 N–H and O–H groups in total. The van der Waals surface area contributed by atoms with E-state index in [2.05, 4.69) is 23.9 Å². The van der Waals surface area contributed by atoms with Gasteiger partial charge in [0, 0.05) is 0 Å². The second-order valence-corrected chi connectivity index (χ2v) is 5.38. The van der Waals surface area contributed by atoms with E-state index in [9.17, 15) is 0 Å². The van der Waals surface area contributed by atoms with Gasteiger partial charge in [-0.15, -0.1) is 0 Å². The fraction of sp³-hybridized carbons (Fsp3) is 0.182. The van der Waals surface area contributed by atoms with Crippen molar-refractivity contribution in [1.29, 1.82) is 0 Å². The SMILES string of the molecule is CSc1sc2oc3ccccc3c2[n+]1C. The normalized spacial score (nSPS) is 11.6. The van der Waals surface area contributed by atoms with Crippen molar-refractivity contribution in [2.24, 2.45) is 7.05 Å². The average molecular weight is 236 g/mol. The number of thiazole rings is 1. The third-order valence-electron chi connectivity index (χ3n) is 2.50. The lowest BCUT2D eigenvalue weighted by molar-refractivity contribution is -0.676. The van der Waals surface area contributed by atoms with Crippen LogP contribution in [0, 0.1) is 0 Å². The number of aryl methyl sites for hydroxylation is 1. The van der Waals surface area contributed by atoms with Crippen molar-refractivity contribution in [3.05, 3.63) is 24.3 Å². The number of hydrogen-bond acceptors (Lipinski definition) is 3. The molecule has 4 heteroatoms. The molecule has 0 saturated heterocycles. The first-order chi connectivity index (χ1) is 7.31. The van der Waals surface area contributed by atoms with Gasteiger partial charge in [0.2, 0.25) is 0 Å². The molecule has 0 aliphatic rings. The first-order valence-electron chi connectivity index (χ1n) is 4.65.